The molecule has 2 heterocycles. The molecule has 2 aliphatic rings. The highest BCUT2D eigenvalue weighted by atomic mass is 35.5. The number of benzene rings is 3. The Labute approximate surface area is 217 Å². The molecule has 0 saturated heterocycles. The number of hydrogen-bond donors (Lipinski definition) is 1. The zero-order valence-corrected chi connectivity index (χ0v) is 20.9. The zero-order chi connectivity index (χ0) is 24.5. The van der Waals surface area contributed by atoms with Gasteiger partial charge in [-0.1, -0.05) is 77.8 Å². The van der Waals surface area contributed by atoms with Gasteiger partial charge in [-0.15, -0.1) is 0 Å². The van der Waals surface area contributed by atoms with Gasteiger partial charge >= 0.3 is 5.97 Å². The largest absolute Gasteiger partial charge is 0.496 e. The van der Waals surface area contributed by atoms with Crippen molar-refractivity contribution in [2.45, 2.75) is 12.5 Å². The highest BCUT2D eigenvalue weighted by molar-refractivity contribution is 8.22. The third-order valence-corrected chi connectivity index (χ3v) is 7.50. The molecule has 1 N–H and O–H groups in total. The Morgan fingerprint density at radius 3 is 2.40 bits per heavy atom. The molecule has 0 bridgehead atoms. The minimum atomic E-state index is -1.03. The third kappa shape index (κ3) is 4.45. The number of carbonyl (C=O) groups is 1. The number of allylic oxidation sites excluding steroid dienone is 1. The average molecular weight is 523 g/mol. The van der Waals surface area contributed by atoms with Crippen LogP contribution in [0, 0.1) is 0 Å². The lowest BCUT2D eigenvalue weighted by molar-refractivity contribution is -0.133. The number of ether oxygens (including phenoxy) is 1. The number of aliphatic carboxylic acids is 1. The van der Waals surface area contributed by atoms with Gasteiger partial charge in [-0.05, 0) is 35.5 Å². The fraction of sp³-hybridized carbons (Fsp3) is 0.111. The summed E-state index contributed by atoms with van der Waals surface area (Å²) in [4.78, 5) is 20.2. The maximum Gasteiger partial charge on any atom is 0.335 e. The molecule has 1 unspecified atom stereocenters. The van der Waals surface area contributed by atoms with E-state index in [0.29, 0.717) is 38.6 Å². The van der Waals surface area contributed by atoms with Crippen LogP contribution in [-0.2, 0) is 11.2 Å². The monoisotopic (exact) mass is 522 g/mol. The summed E-state index contributed by atoms with van der Waals surface area (Å²) in [7, 11) is 1.58. The molecule has 0 aromatic heterocycles. The van der Waals surface area contributed by atoms with Gasteiger partial charge in [0.05, 0.1) is 34.5 Å². The highest BCUT2D eigenvalue weighted by Gasteiger charge is 2.41. The van der Waals surface area contributed by atoms with Gasteiger partial charge in [-0.2, -0.15) is 0 Å². The van der Waals surface area contributed by atoms with Crippen LogP contribution in [0.5, 0.6) is 5.75 Å². The Balaban J connectivity index is 1.70. The first kappa shape index (κ1) is 23.5. The Bertz CT molecular complexity index is 1380. The molecular formula is C27H20Cl2N2O3S. The average Bonchev–Trinajstić information content (AvgIpc) is 3.26. The van der Waals surface area contributed by atoms with Gasteiger partial charge in [0.15, 0.2) is 5.17 Å². The van der Waals surface area contributed by atoms with Crippen LogP contribution in [0.1, 0.15) is 22.7 Å². The Kier molecular flexibility index (Phi) is 6.60. The minimum Gasteiger partial charge on any atom is -0.496 e. The molecule has 0 saturated carbocycles. The molecule has 2 aliphatic heterocycles. The first-order valence-electron chi connectivity index (χ1n) is 10.8. The van der Waals surface area contributed by atoms with E-state index >= 15 is 0 Å². The van der Waals surface area contributed by atoms with Crippen LogP contribution < -0.4 is 4.74 Å². The zero-order valence-electron chi connectivity index (χ0n) is 18.6. The number of halogens is 2. The number of nitrogens with zero attached hydrogens (tertiary/aromatic N) is 2. The molecule has 0 aliphatic carbocycles. The molecule has 176 valence electrons. The van der Waals surface area contributed by atoms with Crippen molar-refractivity contribution in [2.24, 2.45) is 4.99 Å². The molecule has 5 rings (SSSR count). The van der Waals surface area contributed by atoms with Crippen molar-refractivity contribution in [2.75, 3.05) is 7.11 Å². The molecule has 1 atom stereocenters. The van der Waals surface area contributed by atoms with Crippen molar-refractivity contribution >= 4 is 51.0 Å². The Hall–Kier alpha value is -3.19. The van der Waals surface area contributed by atoms with Crippen LogP contribution in [0.2, 0.25) is 10.0 Å². The van der Waals surface area contributed by atoms with Crippen molar-refractivity contribution in [3.05, 3.63) is 117 Å². The summed E-state index contributed by atoms with van der Waals surface area (Å²) in [5.41, 5.74) is 3.10. The van der Waals surface area contributed by atoms with Gasteiger partial charge in [-0.3, -0.25) is 0 Å². The van der Waals surface area contributed by atoms with E-state index in [-0.39, 0.29) is 5.57 Å². The van der Waals surface area contributed by atoms with E-state index in [9.17, 15) is 9.90 Å². The standard InChI is InChI=1S/C27H20Cl2N2O3S/c1-34-21-13-6-5-10-17(21)25-24(26(32)33)20(14-16-8-3-2-4-9-16)30-27-31(25)15-22(35-27)23-18(28)11-7-12-19(23)29/h2-13,15,25H,14H2,1H3,(H,32,33). The van der Waals surface area contributed by atoms with Crippen molar-refractivity contribution in [3.63, 3.8) is 0 Å². The number of fused-ring (bicyclic) bond motifs is 1. The number of carboxylic acid groups (broad SMARTS) is 1. The fourth-order valence-electron chi connectivity index (χ4n) is 4.31. The topological polar surface area (TPSA) is 62.1 Å². The van der Waals surface area contributed by atoms with Gasteiger partial charge < -0.3 is 14.7 Å². The third-order valence-electron chi connectivity index (χ3n) is 5.86. The van der Waals surface area contributed by atoms with Crippen molar-refractivity contribution in [3.8, 4) is 5.75 Å². The molecule has 3 aromatic rings. The van der Waals surface area contributed by atoms with Crippen LogP contribution in [0.3, 0.4) is 0 Å². The summed E-state index contributed by atoms with van der Waals surface area (Å²) in [5, 5.41) is 12.1. The number of para-hydroxylation sites is 1. The van der Waals surface area contributed by atoms with Gasteiger partial charge in [0, 0.05) is 28.7 Å². The molecule has 0 radical (unpaired) electrons. The van der Waals surface area contributed by atoms with Crippen molar-refractivity contribution in [1.29, 1.82) is 0 Å². The van der Waals surface area contributed by atoms with E-state index in [1.54, 1.807) is 25.3 Å². The van der Waals surface area contributed by atoms with Crippen molar-refractivity contribution in [1.82, 2.24) is 4.90 Å². The van der Waals surface area contributed by atoms with Gasteiger partial charge in [0.1, 0.15) is 5.75 Å². The predicted molar refractivity (Wildman–Crippen MR) is 142 cm³/mol. The van der Waals surface area contributed by atoms with Crippen molar-refractivity contribution < 1.29 is 14.6 Å². The minimum absolute atomic E-state index is 0.199. The lowest BCUT2D eigenvalue weighted by Gasteiger charge is -2.34. The van der Waals surface area contributed by atoms with E-state index in [0.717, 1.165) is 16.0 Å². The first-order valence-corrected chi connectivity index (χ1v) is 12.4. The van der Waals surface area contributed by atoms with E-state index in [1.807, 2.05) is 65.7 Å². The summed E-state index contributed by atoms with van der Waals surface area (Å²) in [6.45, 7) is 0. The second kappa shape index (κ2) is 9.82. The van der Waals surface area contributed by atoms with E-state index in [1.165, 1.54) is 11.8 Å². The number of carboxylic acids is 1. The quantitative estimate of drug-likeness (QED) is 0.376. The predicted octanol–water partition coefficient (Wildman–Crippen LogP) is 7.04. The summed E-state index contributed by atoms with van der Waals surface area (Å²) >= 11 is 14.4. The molecule has 5 nitrogen and oxygen atoms in total. The summed E-state index contributed by atoms with van der Waals surface area (Å²) in [6.07, 6.45) is 2.25. The normalized spacial score (nSPS) is 17.1. The van der Waals surface area contributed by atoms with Gasteiger partial charge in [0.2, 0.25) is 0 Å². The van der Waals surface area contributed by atoms with E-state index < -0.39 is 12.0 Å². The lowest BCUT2D eigenvalue weighted by Crippen LogP contribution is -2.34. The Morgan fingerprint density at radius 1 is 1.03 bits per heavy atom. The molecule has 0 amide bonds. The second-order valence-electron chi connectivity index (χ2n) is 7.97. The first-order chi connectivity index (χ1) is 17.0. The summed E-state index contributed by atoms with van der Waals surface area (Å²) in [6, 6.07) is 21.9. The SMILES string of the molecule is COc1ccccc1C1C(C(=O)O)=C(Cc2ccccc2)N=C2SC(c3c(Cl)cccc3Cl)=CN21. The Morgan fingerprint density at radius 2 is 1.71 bits per heavy atom. The lowest BCUT2D eigenvalue weighted by atomic mass is 9.92. The number of hydrogen-bond acceptors (Lipinski definition) is 5. The van der Waals surface area contributed by atoms with E-state index in [2.05, 4.69) is 0 Å². The molecule has 35 heavy (non-hydrogen) atoms. The number of amidine groups is 1. The maximum absolute atomic E-state index is 12.7. The van der Waals surface area contributed by atoms with Gasteiger partial charge in [-0.25, -0.2) is 9.79 Å². The van der Waals surface area contributed by atoms with Crippen LogP contribution in [-0.4, -0.2) is 28.3 Å². The molecule has 0 fully saturated rings. The number of rotatable bonds is 6. The van der Waals surface area contributed by atoms with Crippen LogP contribution in [0.25, 0.3) is 4.91 Å². The second-order valence-corrected chi connectivity index (χ2v) is 9.79. The van der Waals surface area contributed by atoms with Crippen LogP contribution in [0.4, 0.5) is 0 Å². The summed E-state index contributed by atoms with van der Waals surface area (Å²) in [5.74, 6) is -0.434. The fourth-order valence-corrected chi connectivity index (χ4v) is 6.13. The molecular weight excluding hydrogens is 503 g/mol. The van der Waals surface area contributed by atoms with Crippen LogP contribution >= 0.6 is 35.0 Å². The van der Waals surface area contributed by atoms with Crippen LogP contribution in [0.15, 0.2) is 95.3 Å². The smallest absolute Gasteiger partial charge is 0.335 e. The van der Waals surface area contributed by atoms with Gasteiger partial charge in [0.25, 0.3) is 0 Å². The molecule has 8 heteroatoms. The number of thioether (sulfide) groups is 1. The summed E-state index contributed by atoms with van der Waals surface area (Å²) < 4.78 is 5.63. The maximum atomic E-state index is 12.7. The number of methoxy groups -OCH3 is 1. The number of aliphatic imine (C=N–C) groups is 1. The molecule has 0 spiro atoms. The van der Waals surface area contributed by atoms with E-state index in [4.69, 9.17) is 32.9 Å². The molecule has 3 aromatic carbocycles. The highest BCUT2D eigenvalue weighted by Crippen LogP contribution is 2.50.